The number of amides is 1. The van der Waals surface area contributed by atoms with Crippen LogP contribution in [-0.4, -0.2) is 45.8 Å². The Bertz CT molecular complexity index is 595. The highest BCUT2D eigenvalue weighted by molar-refractivity contribution is 5.79. The van der Waals surface area contributed by atoms with Crippen molar-refractivity contribution in [2.75, 3.05) is 13.6 Å². The number of rotatable bonds is 4. The molecule has 0 aliphatic heterocycles. The summed E-state index contributed by atoms with van der Waals surface area (Å²) >= 11 is 0. The van der Waals surface area contributed by atoms with Gasteiger partial charge in [-0.25, -0.2) is 0 Å². The molecule has 2 unspecified atom stereocenters. The second-order valence-corrected chi connectivity index (χ2v) is 6.59. The van der Waals surface area contributed by atoms with E-state index in [0.29, 0.717) is 18.5 Å². The third-order valence-corrected chi connectivity index (χ3v) is 4.77. The van der Waals surface area contributed by atoms with E-state index in [1.54, 1.807) is 7.05 Å². The minimum Gasteiger partial charge on any atom is -0.391 e. The van der Waals surface area contributed by atoms with E-state index in [2.05, 4.69) is 10.2 Å². The average molecular weight is 331 g/mol. The molecule has 5 nitrogen and oxygen atoms in total. The first-order chi connectivity index (χ1) is 10.8. The summed E-state index contributed by atoms with van der Waals surface area (Å²) in [6.07, 6.45) is -2.18. The van der Waals surface area contributed by atoms with Gasteiger partial charge in [0.05, 0.1) is 6.10 Å². The number of alkyl halides is 3. The maximum absolute atomic E-state index is 13.0. The minimum atomic E-state index is -4.51. The van der Waals surface area contributed by atoms with Gasteiger partial charge < -0.3 is 10.0 Å². The van der Waals surface area contributed by atoms with Gasteiger partial charge >= 0.3 is 6.18 Å². The quantitative estimate of drug-likeness (QED) is 0.883. The first-order valence-electron chi connectivity index (χ1n) is 7.83. The lowest BCUT2D eigenvalue weighted by molar-refractivity contribution is -0.143. The average Bonchev–Trinajstić information content (AvgIpc) is 3.24. The van der Waals surface area contributed by atoms with Gasteiger partial charge in [0.1, 0.15) is 0 Å². The molecule has 3 rings (SSSR count). The van der Waals surface area contributed by atoms with Crippen molar-refractivity contribution >= 4 is 5.91 Å². The lowest BCUT2D eigenvalue weighted by Crippen LogP contribution is -2.40. The van der Waals surface area contributed by atoms with Gasteiger partial charge in [-0.05, 0) is 38.0 Å². The number of likely N-dealkylation sites (N-methyl/N-ethyl adjacent to an activating group) is 1. The highest BCUT2D eigenvalue weighted by Crippen LogP contribution is 2.37. The largest absolute Gasteiger partial charge is 0.435 e. The van der Waals surface area contributed by atoms with E-state index in [-0.39, 0.29) is 30.4 Å². The highest BCUT2D eigenvalue weighted by Gasteiger charge is 2.41. The summed E-state index contributed by atoms with van der Waals surface area (Å²) in [6, 6.07) is 0. The fourth-order valence-electron chi connectivity index (χ4n) is 3.25. The third kappa shape index (κ3) is 3.36. The number of nitrogens with zero attached hydrogens (tertiary/aromatic N) is 2. The first kappa shape index (κ1) is 16.3. The van der Waals surface area contributed by atoms with Crippen LogP contribution in [0.25, 0.3) is 0 Å². The van der Waals surface area contributed by atoms with Gasteiger partial charge in [-0.1, -0.05) is 0 Å². The van der Waals surface area contributed by atoms with Crippen LogP contribution in [-0.2, 0) is 23.8 Å². The molecule has 2 aliphatic rings. The second-order valence-electron chi connectivity index (χ2n) is 6.59. The molecule has 23 heavy (non-hydrogen) atoms. The Kier molecular flexibility index (Phi) is 4.12. The summed E-state index contributed by atoms with van der Waals surface area (Å²) < 4.78 is 38.9. The molecule has 1 saturated carbocycles. The summed E-state index contributed by atoms with van der Waals surface area (Å²) in [7, 11) is 1.60. The Labute approximate surface area is 131 Å². The number of hydrogen-bond acceptors (Lipinski definition) is 3. The lowest BCUT2D eigenvalue weighted by Gasteiger charge is -2.28. The molecule has 1 aromatic heterocycles. The Morgan fingerprint density at radius 3 is 2.74 bits per heavy atom. The Morgan fingerprint density at radius 1 is 1.43 bits per heavy atom. The molecule has 128 valence electrons. The van der Waals surface area contributed by atoms with E-state index in [4.69, 9.17) is 0 Å². The highest BCUT2D eigenvalue weighted by atomic mass is 19.4. The molecule has 1 fully saturated rings. The number of aliphatic hydroxyl groups is 1. The van der Waals surface area contributed by atoms with Crippen molar-refractivity contribution in [1.82, 2.24) is 15.1 Å². The molecule has 2 N–H and O–H groups in total. The molecule has 0 radical (unpaired) electrons. The number of halogens is 3. The molecule has 1 aromatic rings. The van der Waals surface area contributed by atoms with Gasteiger partial charge in [0.2, 0.25) is 5.91 Å². The molecule has 1 amide bonds. The number of aliphatic hydroxyl groups excluding tert-OH is 1. The summed E-state index contributed by atoms with van der Waals surface area (Å²) in [5.41, 5.74) is -0.328. The van der Waals surface area contributed by atoms with Gasteiger partial charge in [0.15, 0.2) is 5.69 Å². The SMILES string of the molecule is CN(CC(O)C1CC1)C(=O)C1CCc2[nH]nc(C(F)(F)F)c2C1. The summed E-state index contributed by atoms with van der Waals surface area (Å²) in [6.45, 7) is 0.240. The molecular formula is C15H20F3N3O2. The van der Waals surface area contributed by atoms with Crippen LogP contribution in [0.5, 0.6) is 0 Å². The molecule has 2 aliphatic carbocycles. The van der Waals surface area contributed by atoms with Crippen LogP contribution in [0.1, 0.15) is 36.2 Å². The van der Waals surface area contributed by atoms with E-state index in [0.717, 1.165) is 12.8 Å². The maximum atomic E-state index is 13.0. The Hall–Kier alpha value is -1.57. The molecule has 8 heteroatoms. The van der Waals surface area contributed by atoms with Crippen LogP contribution in [0.15, 0.2) is 0 Å². The van der Waals surface area contributed by atoms with Crippen molar-refractivity contribution in [3.63, 3.8) is 0 Å². The van der Waals surface area contributed by atoms with Crippen molar-refractivity contribution in [2.24, 2.45) is 11.8 Å². The molecule has 0 saturated heterocycles. The molecule has 0 spiro atoms. The molecule has 0 aromatic carbocycles. The fraction of sp³-hybridized carbons (Fsp3) is 0.733. The standard InChI is InChI=1S/C15H20F3N3O2/c1-21(7-12(22)8-2-3-8)14(23)9-4-5-11-10(6-9)13(20-19-11)15(16,17)18/h8-9,12,22H,2-7H2,1H3,(H,19,20). The Morgan fingerprint density at radius 2 is 2.13 bits per heavy atom. The van der Waals surface area contributed by atoms with Gasteiger partial charge in [-0.3, -0.25) is 9.89 Å². The smallest absolute Gasteiger partial charge is 0.391 e. The number of hydrogen-bond donors (Lipinski definition) is 2. The number of fused-ring (bicyclic) bond motifs is 1. The predicted molar refractivity (Wildman–Crippen MR) is 75.5 cm³/mol. The van der Waals surface area contributed by atoms with Crippen molar-refractivity contribution in [1.29, 1.82) is 0 Å². The zero-order valence-electron chi connectivity index (χ0n) is 12.9. The van der Waals surface area contributed by atoms with Crippen molar-refractivity contribution in [3.8, 4) is 0 Å². The van der Waals surface area contributed by atoms with E-state index in [9.17, 15) is 23.1 Å². The van der Waals surface area contributed by atoms with Gasteiger partial charge in [-0.15, -0.1) is 0 Å². The predicted octanol–water partition coefficient (Wildman–Crippen LogP) is 1.76. The number of carbonyl (C=O) groups is 1. The number of aryl methyl sites for hydroxylation is 1. The lowest BCUT2D eigenvalue weighted by atomic mass is 9.85. The normalized spacial score (nSPS) is 22.6. The molecular weight excluding hydrogens is 311 g/mol. The van der Waals surface area contributed by atoms with E-state index < -0.39 is 23.9 Å². The Balaban J connectivity index is 1.68. The van der Waals surface area contributed by atoms with Crippen LogP contribution in [0.2, 0.25) is 0 Å². The maximum Gasteiger partial charge on any atom is 0.435 e. The summed E-state index contributed by atoms with van der Waals surface area (Å²) in [5, 5.41) is 15.7. The van der Waals surface area contributed by atoms with E-state index in [1.165, 1.54) is 4.90 Å². The van der Waals surface area contributed by atoms with Gasteiger partial charge in [0, 0.05) is 30.8 Å². The zero-order valence-corrected chi connectivity index (χ0v) is 12.9. The first-order valence-corrected chi connectivity index (χ1v) is 7.83. The topological polar surface area (TPSA) is 69.2 Å². The van der Waals surface area contributed by atoms with Crippen LogP contribution < -0.4 is 0 Å². The number of carbonyl (C=O) groups excluding carboxylic acids is 1. The van der Waals surface area contributed by atoms with Crippen molar-refractivity contribution in [2.45, 2.75) is 44.4 Å². The van der Waals surface area contributed by atoms with Crippen LogP contribution in [0.3, 0.4) is 0 Å². The number of H-pyrrole nitrogens is 1. The minimum absolute atomic E-state index is 0.0450. The summed E-state index contributed by atoms with van der Waals surface area (Å²) in [5.74, 6) is -0.434. The van der Waals surface area contributed by atoms with E-state index >= 15 is 0 Å². The zero-order chi connectivity index (χ0) is 16.8. The molecule has 1 heterocycles. The van der Waals surface area contributed by atoms with Crippen LogP contribution >= 0.6 is 0 Å². The molecule has 2 atom stereocenters. The number of nitrogens with one attached hydrogen (secondary N) is 1. The van der Waals surface area contributed by atoms with Gasteiger partial charge in [-0.2, -0.15) is 18.3 Å². The third-order valence-electron chi connectivity index (χ3n) is 4.77. The number of aromatic amines is 1. The van der Waals surface area contributed by atoms with Crippen LogP contribution in [0.4, 0.5) is 13.2 Å². The monoisotopic (exact) mass is 331 g/mol. The second kappa shape index (κ2) is 5.81. The van der Waals surface area contributed by atoms with Crippen molar-refractivity contribution < 1.29 is 23.1 Å². The van der Waals surface area contributed by atoms with Crippen LogP contribution in [0, 0.1) is 11.8 Å². The fourth-order valence-corrected chi connectivity index (χ4v) is 3.25. The van der Waals surface area contributed by atoms with Crippen molar-refractivity contribution in [3.05, 3.63) is 17.0 Å². The number of aromatic nitrogens is 2. The summed E-state index contributed by atoms with van der Waals surface area (Å²) in [4.78, 5) is 13.9. The van der Waals surface area contributed by atoms with E-state index in [1.807, 2.05) is 0 Å². The van der Waals surface area contributed by atoms with Gasteiger partial charge in [0.25, 0.3) is 0 Å². The molecule has 0 bridgehead atoms.